The highest BCUT2D eigenvalue weighted by molar-refractivity contribution is 5.83. The largest absolute Gasteiger partial charge is 0.493 e. The summed E-state index contributed by atoms with van der Waals surface area (Å²) < 4.78 is 10.0. The molecule has 6 nitrogen and oxygen atoms in total. The number of nitrogens with one attached hydrogen (secondary N) is 1. The van der Waals surface area contributed by atoms with E-state index in [0.717, 1.165) is 50.0 Å². The number of methoxy groups -OCH3 is 1. The highest BCUT2D eigenvalue weighted by Crippen LogP contribution is 2.25. The standard InChI is InChI=1S/C18H24N2O4/c1-23-18(22)7-5-3-2-4-6-17(21)20-19-13-14-8-9-16-15(12-14)10-11-24-16/h8-9,12-13H,2-7,10-11H2,1H3,(H,20,21)/b19-13+. The quantitative estimate of drug-likeness (QED) is 0.326. The molecule has 0 unspecified atom stereocenters. The van der Waals surface area contributed by atoms with Crippen molar-refractivity contribution in [1.29, 1.82) is 0 Å². The zero-order chi connectivity index (χ0) is 17.2. The molecule has 1 aliphatic rings. The third kappa shape index (κ3) is 6.02. The van der Waals surface area contributed by atoms with Crippen molar-refractivity contribution in [2.75, 3.05) is 13.7 Å². The molecule has 130 valence electrons. The molecule has 1 aliphatic heterocycles. The van der Waals surface area contributed by atoms with Gasteiger partial charge in [-0.25, -0.2) is 5.43 Å². The van der Waals surface area contributed by atoms with E-state index >= 15 is 0 Å². The number of benzene rings is 1. The van der Waals surface area contributed by atoms with Gasteiger partial charge in [0.1, 0.15) is 5.75 Å². The van der Waals surface area contributed by atoms with Crippen molar-refractivity contribution in [2.45, 2.75) is 44.9 Å². The van der Waals surface area contributed by atoms with E-state index < -0.39 is 0 Å². The van der Waals surface area contributed by atoms with Gasteiger partial charge in [0.05, 0.1) is 19.9 Å². The lowest BCUT2D eigenvalue weighted by molar-refractivity contribution is -0.140. The summed E-state index contributed by atoms with van der Waals surface area (Å²) in [5, 5.41) is 3.99. The predicted molar refractivity (Wildman–Crippen MR) is 91.1 cm³/mol. The molecule has 1 amide bonds. The van der Waals surface area contributed by atoms with E-state index in [9.17, 15) is 9.59 Å². The monoisotopic (exact) mass is 332 g/mol. The van der Waals surface area contributed by atoms with E-state index in [0.29, 0.717) is 12.8 Å². The number of nitrogens with zero attached hydrogens (tertiary/aromatic N) is 1. The Balaban J connectivity index is 1.58. The van der Waals surface area contributed by atoms with Crippen LogP contribution in [0.5, 0.6) is 5.75 Å². The second-order valence-corrected chi connectivity index (χ2v) is 5.75. The van der Waals surface area contributed by atoms with Crippen LogP contribution < -0.4 is 10.2 Å². The van der Waals surface area contributed by atoms with Gasteiger partial charge in [-0.05, 0) is 42.2 Å². The SMILES string of the molecule is COC(=O)CCCCCCC(=O)N/N=C/c1ccc2c(c1)CCO2. The lowest BCUT2D eigenvalue weighted by Crippen LogP contribution is -2.16. The number of hydrogen-bond donors (Lipinski definition) is 1. The fourth-order valence-electron chi connectivity index (χ4n) is 2.53. The average molecular weight is 332 g/mol. The van der Waals surface area contributed by atoms with E-state index in [2.05, 4.69) is 15.3 Å². The summed E-state index contributed by atoms with van der Waals surface area (Å²) in [6.45, 7) is 0.728. The molecule has 1 heterocycles. The lowest BCUT2D eigenvalue weighted by atomic mass is 10.1. The van der Waals surface area contributed by atoms with Gasteiger partial charge >= 0.3 is 5.97 Å². The summed E-state index contributed by atoms with van der Waals surface area (Å²) in [5.74, 6) is 0.660. The molecule has 1 aromatic carbocycles. The molecule has 0 aromatic heterocycles. The number of hydrogen-bond acceptors (Lipinski definition) is 5. The van der Waals surface area contributed by atoms with E-state index in [1.807, 2.05) is 18.2 Å². The van der Waals surface area contributed by atoms with E-state index in [-0.39, 0.29) is 11.9 Å². The third-order valence-corrected chi connectivity index (χ3v) is 3.88. The number of hydrazone groups is 1. The molecule has 0 saturated heterocycles. The van der Waals surface area contributed by atoms with Gasteiger partial charge in [0, 0.05) is 19.3 Å². The van der Waals surface area contributed by atoms with Crippen LogP contribution >= 0.6 is 0 Å². The number of ether oxygens (including phenoxy) is 2. The molecule has 1 N–H and O–H groups in total. The number of amides is 1. The maximum absolute atomic E-state index is 11.7. The summed E-state index contributed by atoms with van der Waals surface area (Å²) >= 11 is 0. The van der Waals surface area contributed by atoms with Crippen LogP contribution in [0.4, 0.5) is 0 Å². The van der Waals surface area contributed by atoms with Crippen molar-refractivity contribution in [1.82, 2.24) is 5.43 Å². The van der Waals surface area contributed by atoms with E-state index in [4.69, 9.17) is 4.74 Å². The van der Waals surface area contributed by atoms with Crippen molar-refractivity contribution in [3.63, 3.8) is 0 Å². The molecule has 0 saturated carbocycles. The maximum Gasteiger partial charge on any atom is 0.305 e. The van der Waals surface area contributed by atoms with Crippen molar-refractivity contribution in [3.05, 3.63) is 29.3 Å². The van der Waals surface area contributed by atoms with E-state index in [1.54, 1.807) is 6.21 Å². The summed E-state index contributed by atoms with van der Waals surface area (Å²) in [7, 11) is 1.39. The second kappa shape index (κ2) is 9.70. The highest BCUT2D eigenvalue weighted by atomic mass is 16.5. The number of fused-ring (bicyclic) bond motifs is 1. The van der Waals surface area contributed by atoms with Crippen LogP contribution in [-0.4, -0.2) is 31.8 Å². The molecule has 24 heavy (non-hydrogen) atoms. The van der Waals surface area contributed by atoms with Crippen LogP contribution in [0.3, 0.4) is 0 Å². The first-order chi connectivity index (χ1) is 11.7. The zero-order valence-corrected chi connectivity index (χ0v) is 14.0. The van der Waals surface area contributed by atoms with E-state index in [1.165, 1.54) is 12.7 Å². The molecular formula is C18H24N2O4. The first-order valence-corrected chi connectivity index (χ1v) is 8.33. The number of carbonyl (C=O) groups excluding carboxylic acids is 2. The van der Waals surface area contributed by atoms with Gasteiger partial charge in [-0.1, -0.05) is 12.8 Å². The van der Waals surface area contributed by atoms with Crippen molar-refractivity contribution >= 4 is 18.1 Å². The normalized spacial score (nSPS) is 12.7. The van der Waals surface area contributed by atoms with Crippen molar-refractivity contribution in [3.8, 4) is 5.75 Å². The van der Waals surface area contributed by atoms with Crippen LogP contribution in [-0.2, 0) is 20.7 Å². The molecule has 0 spiro atoms. The van der Waals surface area contributed by atoms with Gasteiger partial charge in [-0.15, -0.1) is 0 Å². The Kier molecular flexibility index (Phi) is 7.26. The molecule has 0 atom stereocenters. The predicted octanol–water partition coefficient (Wildman–Crippen LogP) is 2.59. The minimum atomic E-state index is -0.180. The smallest absolute Gasteiger partial charge is 0.305 e. The van der Waals surface area contributed by atoms with Crippen molar-refractivity contribution in [2.24, 2.45) is 5.10 Å². The Morgan fingerprint density at radius 1 is 1.25 bits per heavy atom. The molecular weight excluding hydrogens is 308 g/mol. The zero-order valence-electron chi connectivity index (χ0n) is 14.0. The Hall–Kier alpha value is -2.37. The first-order valence-electron chi connectivity index (χ1n) is 8.33. The van der Waals surface area contributed by atoms with Gasteiger partial charge in [0.25, 0.3) is 0 Å². The summed E-state index contributed by atoms with van der Waals surface area (Å²) in [5.41, 5.74) is 4.67. The van der Waals surface area contributed by atoms with Gasteiger partial charge in [0.15, 0.2) is 0 Å². The van der Waals surface area contributed by atoms with Crippen LogP contribution in [0.2, 0.25) is 0 Å². The second-order valence-electron chi connectivity index (χ2n) is 5.75. The molecule has 6 heteroatoms. The topological polar surface area (TPSA) is 77.0 Å². The maximum atomic E-state index is 11.7. The van der Waals surface area contributed by atoms with Crippen LogP contribution in [0.25, 0.3) is 0 Å². The number of rotatable bonds is 9. The number of unbranched alkanes of at least 4 members (excludes halogenated alkanes) is 3. The molecule has 0 bridgehead atoms. The third-order valence-electron chi connectivity index (χ3n) is 3.88. The average Bonchev–Trinajstić information content (AvgIpc) is 3.05. The molecule has 1 aromatic rings. The molecule has 2 rings (SSSR count). The van der Waals surface area contributed by atoms with Gasteiger partial charge < -0.3 is 9.47 Å². The highest BCUT2D eigenvalue weighted by Gasteiger charge is 2.11. The van der Waals surface area contributed by atoms with Crippen molar-refractivity contribution < 1.29 is 19.1 Å². The Labute approximate surface area is 142 Å². The van der Waals surface area contributed by atoms with Gasteiger partial charge in [-0.2, -0.15) is 5.10 Å². The summed E-state index contributed by atoms with van der Waals surface area (Å²) in [6, 6.07) is 5.88. The molecule has 0 fully saturated rings. The number of carbonyl (C=O) groups is 2. The fourth-order valence-corrected chi connectivity index (χ4v) is 2.53. The van der Waals surface area contributed by atoms with Crippen LogP contribution in [0.15, 0.2) is 23.3 Å². The first kappa shape index (κ1) is 18.0. The Bertz CT molecular complexity index is 599. The minimum absolute atomic E-state index is 0.0938. The Morgan fingerprint density at radius 2 is 2.04 bits per heavy atom. The number of esters is 1. The van der Waals surface area contributed by atoms with Gasteiger partial charge in [-0.3, -0.25) is 9.59 Å². The summed E-state index contributed by atoms with van der Waals surface area (Å²) in [6.07, 6.45) is 6.87. The molecule has 0 aliphatic carbocycles. The minimum Gasteiger partial charge on any atom is -0.493 e. The summed E-state index contributed by atoms with van der Waals surface area (Å²) in [4.78, 5) is 22.6. The van der Waals surface area contributed by atoms with Gasteiger partial charge in [0.2, 0.25) is 5.91 Å². The van der Waals surface area contributed by atoms with Crippen LogP contribution in [0, 0.1) is 0 Å². The lowest BCUT2D eigenvalue weighted by Gasteiger charge is -2.02. The molecule has 0 radical (unpaired) electrons. The fraction of sp³-hybridized carbons (Fsp3) is 0.500. The Morgan fingerprint density at radius 3 is 2.83 bits per heavy atom. The van der Waals surface area contributed by atoms with Crippen LogP contribution in [0.1, 0.15) is 49.7 Å².